The molecule has 2 aromatic rings. The number of hydrogen-bond donors (Lipinski definition) is 2. The molecular formula is C21H23NO6. The molecule has 2 aliphatic heterocycles. The number of nitrogens with one attached hydrogen (secondary N) is 1. The molecule has 2 aliphatic rings. The van der Waals surface area contributed by atoms with Crippen molar-refractivity contribution in [2.24, 2.45) is 0 Å². The second kappa shape index (κ2) is 7.59. The number of carboxylic acid groups (broad SMARTS) is 1. The number of benzene rings is 2. The summed E-state index contributed by atoms with van der Waals surface area (Å²) in [6, 6.07) is 7.76. The lowest BCUT2D eigenvalue weighted by atomic mass is 9.88. The largest absolute Gasteiger partial charge is 0.493 e. The summed E-state index contributed by atoms with van der Waals surface area (Å²) in [5, 5.41) is 12.9. The predicted octanol–water partition coefficient (Wildman–Crippen LogP) is 2.49. The highest BCUT2D eigenvalue weighted by atomic mass is 16.7. The molecule has 2 aromatic carbocycles. The maximum Gasteiger partial charge on any atom is 0.307 e. The minimum Gasteiger partial charge on any atom is -0.493 e. The van der Waals surface area contributed by atoms with Gasteiger partial charge in [0.1, 0.15) is 0 Å². The van der Waals surface area contributed by atoms with E-state index < -0.39 is 5.97 Å². The molecule has 0 aliphatic carbocycles. The Balaban J connectivity index is 1.70. The summed E-state index contributed by atoms with van der Waals surface area (Å²) in [5.41, 5.74) is 4.03. The van der Waals surface area contributed by atoms with Gasteiger partial charge in [0.25, 0.3) is 0 Å². The van der Waals surface area contributed by atoms with Crippen LogP contribution >= 0.6 is 0 Å². The van der Waals surface area contributed by atoms with Gasteiger partial charge in [-0.05, 0) is 65.9 Å². The van der Waals surface area contributed by atoms with Crippen molar-refractivity contribution in [3.8, 4) is 23.0 Å². The van der Waals surface area contributed by atoms with Crippen molar-refractivity contribution >= 4 is 5.97 Å². The smallest absolute Gasteiger partial charge is 0.307 e. The number of carbonyl (C=O) groups is 1. The number of hydrogen-bond acceptors (Lipinski definition) is 6. The first kappa shape index (κ1) is 18.4. The quantitative estimate of drug-likeness (QED) is 0.790. The molecule has 0 saturated carbocycles. The summed E-state index contributed by atoms with van der Waals surface area (Å²) in [5.74, 6) is 1.79. The van der Waals surface area contributed by atoms with Gasteiger partial charge >= 0.3 is 5.97 Å². The molecular weight excluding hydrogens is 362 g/mol. The fourth-order valence-corrected chi connectivity index (χ4v) is 3.91. The Hall–Kier alpha value is -2.93. The third kappa shape index (κ3) is 3.45. The van der Waals surface area contributed by atoms with E-state index >= 15 is 0 Å². The standard InChI is InChI=1S/C21H23NO6/c1-25-17-6-12-3-4-22-16(15(12)10-18(17)26-2)5-13-7-19-20(28-11-27-19)8-14(13)9-21(23)24/h6-8,10,16,22H,3-5,9,11H2,1-2H3,(H,23,24). The molecule has 0 saturated heterocycles. The van der Waals surface area contributed by atoms with E-state index in [0.717, 1.165) is 35.4 Å². The Morgan fingerprint density at radius 2 is 1.79 bits per heavy atom. The van der Waals surface area contributed by atoms with E-state index in [2.05, 4.69) is 5.32 Å². The van der Waals surface area contributed by atoms with Crippen molar-refractivity contribution in [2.45, 2.75) is 25.3 Å². The van der Waals surface area contributed by atoms with Gasteiger partial charge in [-0.2, -0.15) is 0 Å². The molecule has 2 heterocycles. The van der Waals surface area contributed by atoms with Gasteiger partial charge in [-0.3, -0.25) is 4.79 Å². The van der Waals surface area contributed by atoms with Crippen molar-refractivity contribution in [1.82, 2.24) is 5.32 Å². The molecule has 148 valence electrons. The summed E-state index contributed by atoms with van der Waals surface area (Å²) < 4.78 is 21.8. The first-order chi connectivity index (χ1) is 13.6. The number of ether oxygens (including phenoxy) is 4. The number of fused-ring (bicyclic) bond motifs is 2. The van der Waals surface area contributed by atoms with Crippen molar-refractivity contribution in [3.63, 3.8) is 0 Å². The average molecular weight is 385 g/mol. The molecule has 28 heavy (non-hydrogen) atoms. The van der Waals surface area contributed by atoms with E-state index in [1.54, 1.807) is 20.3 Å². The summed E-state index contributed by atoms with van der Waals surface area (Å²) in [4.78, 5) is 11.3. The van der Waals surface area contributed by atoms with Crippen LogP contribution in [0.5, 0.6) is 23.0 Å². The van der Waals surface area contributed by atoms with Crippen LogP contribution in [0.3, 0.4) is 0 Å². The highest BCUT2D eigenvalue weighted by molar-refractivity contribution is 5.71. The molecule has 4 rings (SSSR count). The molecule has 1 atom stereocenters. The molecule has 0 bridgehead atoms. The first-order valence-electron chi connectivity index (χ1n) is 9.20. The predicted molar refractivity (Wildman–Crippen MR) is 102 cm³/mol. The average Bonchev–Trinajstić information content (AvgIpc) is 3.14. The highest BCUT2D eigenvalue weighted by Crippen LogP contribution is 2.39. The molecule has 0 amide bonds. The van der Waals surface area contributed by atoms with E-state index in [9.17, 15) is 9.90 Å². The third-order valence-corrected chi connectivity index (χ3v) is 5.27. The van der Waals surface area contributed by atoms with Gasteiger partial charge < -0.3 is 29.4 Å². The minimum atomic E-state index is -0.872. The van der Waals surface area contributed by atoms with Gasteiger partial charge in [-0.25, -0.2) is 0 Å². The fourth-order valence-electron chi connectivity index (χ4n) is 3.91. The summed E-state index contributed by atoms with van der Waals surface area (Å²) in [6.07, 6.45) is 1.48. The van der Waals surface area contributed by atoms with E-state index in [0.29, 0.717) is 23.7 Å². The molecule has 7 heteroatoms. The van der Waals surface area contributed by atoms with Gasteiger partial charge in [0, 0.05) is 6.04 Å². The summed E-state index contributed by atoms with van der Waals surface area (Å²) in [7, 11) is 3.26. The zero-order valence-corrected chi connectivity index (χ0v) is 15.9. The van der Waals surface area contributed by atoms with Crippen LogP contribution in [0.15, 0.2) is 24.3 Å². The van der Waals surface area contributed by atoms with Crippen LogP contribution in [0.1, 0.15) is 28.3 Å². The molecule has 0 fully saturated rings. The number of rotatable bonds is 6. The van der Waals surface area contributed by atoms with Crippen LogP contribution in [-0.2, 0) is 24.1 Å². The Kier molecular flexibility index (Phi) is 5.00. The van der Waals surface area contributed by atoms with Gasteiger partial charge in [-0.1, -0.05) is 0 Å². The van der Waals surface area contributed by atoms with E-state index in [1.807, 2.05) is 18.2 Å². The second-order valence-corrected chi connectivity index (χ2v) is 6.91. The van der Waals surface area contributed by atoms with Crippen LogP contribution < -0.4 is 24.3 Å². The van der Waals surface area contributed by atoms with Crippen molar-refractivity contribution < 1.29 is 28.8 Å². The van der Waals surface area contributed by atoms with Gasteiger partial charge in [0.05, 0.1) is 20.6 Å². The minimum absolute atomic E-state index is 0.0384. The van der Waals surface area contributed by atoms with Crippen molar-refractivity contribution in [3.05, 3.63) is 46.5 Å². The molecule has 7 nitrogen and oxygen atoms in total. The SMILES string of the molecule is COc1cc2c(cc1OC)C(Cc1cc3c(cc1CC(=O)O)OCO3)NCC2. The maximum atomic E-state index is 11.3. The maximum absolute atomic E-state index is 11.3. The number of aliphatic carboxylic acids is 1. The monoisotopic (exact) mass is 385 g/mol. The topological polar surface area (TPSA) is 86.3 Å². The highest BCUT2D eigenvalue weighted by Gasteiger charge is 2.26. The van der Waals surface area contributed by atoms with Gasteiger partial charge in [0.2, 0.25) is 6.79 Å². The Morgan fingerprint density at radius 3 is 2.46 bits per heavy atom. The normalized spacial score (nSPS) is 17.1. The van der Waals surface area contributed by atoms with E-state index in [-0.39, 0.29) is 19.3 Å². The number of methoxy groups -OCH3 is 2. The van der Waals surface area contributed by atoms with Crippen LogP contribution in [-0.4, -0.2) is 38.6 Å². The molecule has 0 radical (unpaired) electrons. The Bertz CT molecular complexity index is 910. The Labute approximate surface area is 163 Å². The molecule has 0 spiro atoms. The zero-order valence-electron chi connectivity index (χ0n) is 15.9. The van der Waals surface area contributed by atoms with E-state index in [4.69, 9.17) is 18.9 Å². The molecule has 1 unspecified atom stereocenters. The second-order valence-electron chi connectivity index (χ2n) is 6.91. The van der Waals surface area contributed by atoms with Gasteiger partial charge in [-0.15, -0.1) is 0 Å². The fraction of sp³-hybridized carbons (Fsp3) is 0.381. The van der Waals surface area contributed by atoms with Crippen LogP contribution in [0.4, 0.5) is 0 Å². The molecule has 0 aromatic heterocycles. The van der Waals surface area contributed by atoms with Crippen LogP contribution in [0, 0.1) is 0 Å². The molecule has 2 N–H and O–H groups in total. The van der Waals surface area contributed by atoms with Crippen LogP contribution in [0.2, 0.25) is 0 Å². The lowest BCUT2D eigenvalue weighted by Crippen LogP contribution is -2.31. The van der Waals surface area contributed by atoms with Crippen LogP contribution in [0.25, 0.3) is 0 Å². The lowest BCUT2D eigenvalue weighted by molar-refractivity contribution is -0.136. The first-order valence-corrected chi connectivity index (χ1v) is 9.20. The Morgan fingerprint density at radius 1 is 1.11 bits per heavy atom. The van der Waals surface area contributed by atoms with Gasteiger partial charge in [0.15, 0.2) is 23.0 Å². The van der Waals surface area contributed by atoms with Crippen molar-refractivity contribution in [2.75, 3.05) is 27.6 Å². The van der Waals surface area contributed by atoms with Crippen molar-refractivity contribution in [1.29, 1.82) is 0 Å². The summed E-state index contributed by atoms with van der Waals surface area (Å²) >= 11 is 0. The zero-order chi connectivity index (χ0) is 19.7. The summed E-state index contributed by atoms with van der Waals surface area (Å²) in [6.45, 7) is 0.999. The third-order valence-electron chi connectivity index (χ3n) is 5.27. The number of carboxylic acids is 1. The lowest BCUT2D eigenvalue weighted by Gasteiger charge is -2.29. The van der Waals surface area contributed by atoms with E-state index in [1.165, 1.54) is 5.56 Å².